The van der Waals surface area contributed by atoms with E-state index in [1.165, 1.54) is 0 Å². The molecule has 0 aliphatic rings. The van der Waals surface area contributed by atoms with Gasteiger partial charge >= 0.3 is 0 Å². The summed E-state index contributed by atoms with van der Waals surface area (Å²) in [6, 6.07) is 0. The summed E-state index contributed by atoms with van der Waals surface area (Å²) in [5.41, 5.74) is 10.1. The number of ketones is 1. The summed E-state index contributed by atoms with van der Waals surface area (Å²) in [6.45, 7) is 1.28. The third-order valence-electron chi connectivity index (χ3n) is 1.36. The quantitative estimate of drug-likeness (QED) is 0.322. The lowest BCUT2D eigenvalue weighted by Crippen LogP contribution is -2.37. The van der Waals surface area contributed by atoms with E-state index in [1.54, 1.807) is 0 Å². The Kier molecular flexibility index (Phi) is 7.08. The third-order valence-corrected chi connectivity index (χ3v) is 1.36. The molecular formula is C7H16N4O2. The Bertz CT molecular complexity index is 154. The van der Waals surface area contributed by atoms with Crippen LogP contribution < -0.4 is 22.1 Å². The van der Waals surface area contributed by atoms with Gasteiger partial charge in [-0.3, -0.25) is 9.59 Å². The number of Topliss-reactive ketones (excluding diaryl/α,β-unsaturated/α-hetero) is 1. The minimum Gasteiger partial charge on any atom is -0.354 e. The lowest BCUT2D eigenvalue weighted by Gasteiger charge is -2.04. The molecule has 0 aliphatic carbocycles. The Hall–Kier alpha value is -0.980. The molecule has 0 heterocycles. The predicted octanol–water partition coefficient (Wildman–Crippen LogP) is -2.82. The summed E-state index contributed by atoms with van der Waals surface area (Å²) in [5, 5.41) is 5.39. The minimum atomic E-state index is -0.202. The normalized spacial score (nSPS) is 9.69. The van der Waals surface area contributed by atoms with E-state index in [-0.39, 0.29) is 31.3 Å². The largest absolute Gasteiger partial charge is 0.354 e. The molecule has 76 valence electrons. The molecule has 0 aromatic rings. The van der Waals surface area contributed by atoms with Gasteiger partial charge in [0.15, 0.2) is 5.78 Å². The van der Waals surface area contributed by atoms with Crippen LogP contribution in [0.15, 0.2) is 0 Å². The van der Waals surface area contributed by atoms with Crippen LogP contribution in [-0.4, -0.2) is 44.4 Å². The summed E-state index contributed by atoms with van der Waals surface area (Å²) in [4.78, 5) is 21.3. The van der Waals surface area contributed by atoms with Crippen LogP contribution in [0, 0.1) is 0 Å². The molecule has 0 radical (unpaired) electrons. The van der Waals surface area contributed by atoms with Crippen molar-refractivity contribution in [1.82, 2.24) is 10.6 Å². The standard InChI is InChI=1S/C7H16N4O2/c8-3-6(12)5-10-1-2-11-7(13)4-9/h10H,1-5,8-9H2,(H,11,13). The van der Waals surface area contributed by atoms with Gasteiger partial charge in [-0.25, -0.2) is 0 Å². The first-order valence-electron chi connectivity index (χ1n) is 4.10. The van der Waals surface area contributed by atoms with Crippen molar-refractivity contribution in [3.63, 3.8) is 0 Å². The van der Waals surface area contributed by atoms with Crippen LogP contribution in [0.4, 0.5) is 0 Å². The van der Waals surface area contributed by atoms with Gasteiger partial charge in [-0.1, -0.05) is 0 Å². The number of rotatable bonds is 7. The number of nitrogens with two attached hydrogens (primary N) is 2. The number of nitrogens with one attached hydrogen (secondary N) is 2. The van der Waals surface area contributed by atoms with Crippen molar-refractivity contribution in [3.8, 4) is 0 Å². The molecule has 0 aromatic heterocycles. The Balaban J connectivity index is 3.17. The third kappa shape index (κ3) is 7.38. The van der Waals surface area contributed by atoms with E-state index in [0.717, 1.165) is 0 Å². The second kappa shape index (κ2) is 7.66. The van der Waals surface area contributed by atoms with E-state index in [2.05, 4.69) is 10.6 Å². The fourth-order valence-electron chi connectivity index (χ4n) is 0.662. The second-order valence-electron chi connectivity index (χ2n) is 2.47. The molecular weight excluding hydrogens is 172 g/mol. The van der Waals surface area contributed by atoms with Crippen LogP contribution >= 0.6 is 0 Å². The van der Waals surface area contributed by atoms with Gasteiger partial charge in [0.2, 0.25) is 5.91 Å². The van der Waals surface area contributed by atoms with Crippen LogP contribution in [0.1, 0.15) is 0 Å². The zero-order valence-electron chi connectivity index (χ0n) is 7.51. The molecule has 1 amide bonds. The molecule has 0 bridgehead atoms. The summed E-state index contributed by atoms with van der Waals surface area (Å²) >= 11 is 0. The molecule has 0 atom stereocenters. The van der Waals surface area contributed by atoms with E-state index in [0.29, 0.717) is 13.1 Å². The predicted molar refractivity (Wildman–Crippen MR) is 49.0 cm³/mol. The summed E-state index contributed by atoms with van der Waals surface area (Å²) in [5.74, 6) is -0.253. The Morgan fingerprint density at radius 3 is 2.31 bits per heavy atom. The SMILES string of the molecule is NCC(=O)CNCCNC(=O)CN. The fourth-order valence-corrected chi connectivity index (χ4v) is 0.662. The van der Waals surface area contributed by atoms with Gasteiger partial charge in [0.1, 0.15) is 0 Å². The van der Waals surface area contributed by atoms with Gasteiger partial charge in [-0.05, 0) is 0 Å². The number of carbonyl (C=O) groups is 2. The maximum atomic E-state index is 10.7. The van der Waals surface area contributed by atoms with Gasteiger partial charge in [-0.2, -0.15) is 0 Å². The average Bonchev–Trinajstić information content (AvgIpc) is 2.16. The first-order chi connectivity index (χ1) is 6.20. The summed E-state index contributed by atoms with van der Waals surface area (Å²) in [7, 11) is 0. The number of hydrogen-bond acceptors (Lipinski definition) is 5. The zero-order valence-corrected chi connectivity index (χ0v) is 7.51. The number of hydrogen-bond donors (Lipinski definition) is 4. The lowest BCUT2D eigenvalue weighted by atomic mass is 10.4. The first-order valence-corrected chi connectivity index (χ1v) is 4.10. The van der Waals surface area contributed by atoms with Crippen LogP contribution in [-0.2, 0) is 9.59 Å². The first kappa shape index (κ1) is 12.0. The summed E-state index contributed by atoms with van der Waals surface area (Å²) < 4.78 is 0. The van der Waals surface area contributed by atoms with Crippen molar-refractivity contribution in [3.05, 3.63) is 0 Å². The van der Waals surface area contributed by atoms with Gasteiger partial charge < -0.3 is 22.1 Å². The van der Waals surface area contributed by atoms with Crippen molar-refractivity contribution >= 4 is 11.7 Å². The van der Waals surface area contributed by atoms with Gasteiger partial charge in [-0.15, -0.1) is 0 Å². The monoisotopic (exact) mass is 188 g/mol. The van der Waals surface area contributed by atoms with Crippen molar-refractivity contribution in [2.24, 2.45) is 11.5 Å². The van der Waals surface area contributed by atoms with Crippen molar-refractivity contribution in [1.29, 1.82) is 0 Å². The molecule has 0 spiro atoms. The van der Waals surface area contributed by atoms with Gasteiger partial charge in [0.05, 0.1) is 19.6 Å². The molecule has 6 nitrogen and oxygen atoms in total. The van der Waals surface area contributed by atoms with Gasteiger partial charge in [0, 0.05) is 13.1 Å². The Labute approximate surface area is 77.0 Å². The molecule has 6 N–H and O–H groups in total. The van der Waals surface area contributed by atoms with Crippen LogP contribution in [0.2, 0.25) is 0 Å². The molecule has 0 aromatic carbocycles. The minimum absolute atomic E-state index is 0.0122. The van der Waals surface area contributed by atoms with E-state index in [9.17, 15) is 9.59 Å². The van der Waals surface area contributed by atoms with E-state index < -0.39 is 0 Å². The maximum Gasteiger partial charge on any atom is 0.233 e. The highest BCUT2D eigenvalue weighted by molar-refractivity contribution is 5.82. The molecule has 6 heteroatoms. The molecule has 0 saturated carbocycles. The Morgan fingerprint density at radius 2 is 1.77 bits per heavy atom. The molecule has 0 rings (SSSR count). The van der Waals surface area contributed by atoms with E-state index in [1.807, 2.05) is 0 Å². The fraction of sp³-hybridized carbons (Fsp3) is 0.714. The van der Waals surface area contributed by atoms with E-state index in [4.69, 9.17) is 11.5 Å². The molecule has 0 unspecified atom stereocenters. The van der Waals surface area contributed by atoms with E-state index >= 15 is 0 Å². The van der Waals surface area contributed by atoms with Crippen LogP contribution in [0.25, 0.3) is 0 Å². The molecule has 13 heavy (non-hydrogen) atoms. The Morgan fingerprint density at radius 1 is 1.08 bits per heavy atom. The van der Waals surface area contributed by atoms with Gasteiger partial charge in [0.25, 0.3) is 0 Å². The summed E-state index contributed by atoms with van der Waals surface area (Å²) in [6.07, 6.45) is 0. The highest BCUT2D eigenvalue weighted by Gasteiger charge is 1.97. The number of carbonyl (C=O) groups excluding carboxylic acids is 2. The number of amides is 1. The molecule has 0 fully saturated rings. The average molecular weight is 188 g/mol. The highest BCUT2D eigenvalue weighted by atomic mass is 16.1. The topological polar surface area (TPSA) is 110 Å². The van der Waals surface area contributed by atoms with Crippen LogP contribution in [0.5, 0.6) is 0 Å². The van der Waals surface area contributed by atoms with Crippen LogP contribution in [0.3, 0.4) is 0 Å². The smallest absolute Gasteiger partial charge is 0.233 e. The second-order valence-corrected chi connectivity index (χ2v) is 2.47. The maximum absolute atomic E-state index is 10.7. The zero-order chi connectivity index (χ0) is 10.1. The van der Waals surface area contributed by atoms with Crippen molar-refractivity contribution in [2.75, 3.05) is 32.7 Å². The van der Waals surface area contributed by atoms with Crippen molar-refractivity contribution in [2.45, 2.75) is 0 Å². The molecule has 0 saturated heterocycles. The highest BCUT2D eigenvalue weighted by Crippen LogP contribution is 1.65. The van der Waals surface area contributed by atoms with Crippen molar-refractivity contribution < 1.29 is 9.59 Å². The lowest BCUT2D eigenvalue weighted by molar-refractivity contribution is -0.119. The molecule has 0 aliphatic heterocycles.